The molecule has 0 aliphatic heterocycles. The van der Waals surface area contributed by atoms with Crippen LogP contribution in [0.1, 0.15) is 23.1 Å². The molecule has 0 fully saturated rings. The van der Waals surface area contributed by atoms with Crippen LogP contribution in [0.5, 0.6) is 0 Å². The second-order valence-corrected chi connectivity index (χ2v) is 5.68. The Bertz CT molecular complexity index is 877. The lowest BCUT2D eigenvalue weighted by atomic mass is 10.2. The lowest BCUT2D eigenvalue weighted by Crippen LogP contribution is -2.37. The standard InChI is InChI=1S/C17H20N6O.2ClH/c1-11(18-3)10-20-17(24)16-12(2)23(22-21-16)15-8-4-7-14-13(15)6-5-9-19-14;;/h4-9,11,18H,10H2,1-3H3,(H,20,24);2*1H. The summed E-state index contributed by atoms with van der Waals surface area (Å²) in [5.74, 6) is -0.223. The fourth-order valence-electron chi connectivity index (χ4n) is 2.47. The zero-order valence-corrected chi connectivity index (χ0v) is 16.4. The van der Waals surface area contributed by atoms with Crippen molar-refractivity contribution in [3.8, 4) is 5.69 Å². The van der Waals surface area contributed by atoms with Gasteiger partial charge in [-0.25, -0.2) is 4.68 Å². The van der Waals surface area contributed by atoms with E-state index in [0.29, 0.717) is 17.9 Å². The van der Waals surface area contributed by atoms with Gasteiger partial charge in [0, 0.05) is 24.2 Å². The number of nitrogens with one attached hydrogen (secondary N) is 2. The van der Waals surface area contributed by atoms with Crippen molar-refractivity contribution in [2.75, 3.05) is 13.6 Å². The summed E-state index contributed by atoms with van der Waals surface area (Å²) in [5.41, 5.74) is 2.76. The highest BCUT2D eigenvalue weighted by atomic mass is 35.5. The number of hydrogen-bond acceptors (Lipinski definition) is 5. The molecule has 140 valence electrons. The maximum absolute atomic E-state index is 12.3. The van der Waals surface area contributed by atoms with E-state index in [1.54, 1.807) is 10.9 Å². The summed E-state index contributed by atoms with van der Waals surface area (Å²) in [4.78, 5) is 16.7. The molecule has 0 aliphatic rings. The average Bonchev–Trinajstić information content (AvgIpc) is 3.00. The largest absolute Gasteiger partial charge is 0.349 e. The van der Waals surface area contributed by atoms with Gasteiger partial charge < -0.3 is 10.6 Å². The summed E-state index contributed by atoms with van der Waals surface area (Å²) >= 11 is 0. The number of nitrogens with zero attached hydrogens (tertiary/aromatic N) is 4. The summed E-state index contributed by atoms with van der Waals surface area (Å²) in [6, 6.07) is 9.85. The number of pyridine rings is 1. The molecule has 1 aromatic carbocycles. The highest BCUT2D eigenvalue weighted by Crippen LogP contribution is 2.21. The SMILES string of the molecule is CNC(C)CNC(=O)c1nnn(-c2cccc3ncccc23)c1C.Cl.Cl. The topological polar surface area (TPSA) is 84.7 Å². The van der Waals surface area contributed by atoms with Gasteiger partial charge in [0.05, 0.1) is 16.9 Å². The summed E-state index contributed by atoms with van der Waals surface area (Å²) in [7, 11) is 1.85. The van der Waals surface area contributed by atoms with Crippen LogP contribution < -0.4 is 10.6 Å². The minimum Gasteiger partial charge on any atom is -0.349 e. The zero-order chi connectivity index (χ0) is 17.1. The van der Waals surface area contributed by atoms with E-state index in [1.807, 2.05) is 51.2 Å². The smallest absolute Gasteiger partial charge is 0.273 e. The Morgan fingerprint density at radius 3 is 2.73 bits per heavy atom. The van der Waals surface area contributed by atoms with Crippen molar-refractivity contribution in [3.05, 3.63) is 47.9 Å². The summed E-state index contributed by atoms with van der Waals surface area (Å²) < 4.78 is 1.68. The van der Waals surface area contributed by atoms with Gasteiger partial charge in [0.15, 0.2) is 5.69 Å². The molecule has 0 spiro atoms. The molecule has 1 unspecified atom stereocenters. The molecule has 3 aromatic rings. The van der Waals surface area contributed by atoms with Crippen molar-refractivity contribution in [1.82, 2.24) is 30.6 Å². The van der Waals surface area contributed by atoms with Gasteiger partial charge in [-0.3, -0.25) is 9.78 Å². The molecule has 26 heavy (non-hydrogen) atoms. The Balaban J connectivity index is 0.00000169. The van der Waals surface area contributed by atoms with Crippen LogP contribution in [0.4, 0.5) is 0 Å². The highest BCUT2D eigenvalue weighted by molar-refractivity contribution is 5.94. The molecule has 1 amide bonds. The Labute approximate surface area is 164 Å². The van der Waals surface area contributed by atoms with E-state index in [-0.39, 0.29) is 36.8 Å². The minimum atomic E-state index is -0.223. The number of halogens is 2. The molecule has 2 heterocycles. The van der Waals surface area contributed by atoms with Crippen LogP contribution in [0.25, 0.3) is 16.6 Å². The van der Waals surface area contributed by atoms with Gasteiger partial charge in [0.1, 0.15) is 0 Å². The van der Waals surface area contributed by atoms with Crippen molar-refractivity contribution in [2.24, 2.45) is 0 Å². The molecule has 9 heteroatoms. The van der Waals surface area contributed by atoms with E-state index < -0.39 is 0 Å². The number of carbonyl (C=O) groups excluding carboxylic acids is 1. The molecule has 3 rings (SSSR count). The Morgan fingerprint density at radius 2 is 2.00 bits per heavy atom. The fourth-order valence-corrected chi connectivity index (χ4v) is 2.47. The normalized spacial score (nSPS) is 11.3. The monoisotopic (exact) mass is 396 g/mol. The van der Waals surface area contributed by atoms with Crippen LogP contribution in [-0.4, -0.2) is 45.5 Å². The molecular formula is C17H22Cl2N6O. The van der Waals surface area contributed by atoms with Crippen LogP contribution in [0, 0.1) is 6.92 Å². The van der Waals surface area contributed by atoms with Gasteiger partial charge in [-0.2, -0.15) is 0 Å². The molecule has 7 nitrogen and oxygen atoms in total. The molecule has 0 saturated heterocycles. The van der Waals surface area contributed by atoms with Gasteiger partial charge >= 0.3 is 0 Å². The van der Waals surface area contributed by atoms with E-state index in [4.69, 9.17) is 0 Å². The average molecular weight is 397 g/mol. The third-order valence-electron chi connectivity index (χ3n) is 4.02. The van der Waals surface area contributed by atoms with Gasteiger partial charge in [-0.15, -0.1) is 29.9 Å². The Kier molecular flexibility index (Phi) is 7.95. The molecule has 0 saturated carbocycles. The fraction of sp³-hybridized carbons (Fsp3) is 0.294. The van der Waals surface area contributed by atoms with Gasteiger partial charge in [-0.05, 0) is 45.2 Å². The number of hydrogen-bond donors (Lipinski definition) is 2. The quantitative estimate of drug-likeness (QED) is 0.690. The predicted octanol–water partition coefficient (Wildman–Crippen LogP) is 2.31. The highest BCUT2D eigenvalue weighted by Gasteiger charge is 2.18. The van der Waals surface area contributed by atoms with Crippen LogP contribution >= 0.6 is 24.8 Å². The van der Waals surface area contributed by atoms with Crippen molar-refractivity contribution in [3.63, 3.8) is 0 Å². The number of amides is 1. The van der Waals surface area contributed by atoms with Gasteiger partial charge in [0.2, 0.25) is 0 Å². The molecule has 0 aliphatic carbocycles. The zero-order valence-electron chi connectivity index (χ0n) is 14.8. The van der Waals surface area contributed by atoms with E-state index in [1.165, 1.54) is 0 Å². The summed E-state index contributed by atoms with van der Waals surface area (Å²) in [5, 5.41) is 15.1. The molecule has 0 radical (unpaired) electrons. The Hall–Kier alpha value is -2.22. The predicted molar refractivity (Wildman–Crippen MR) is 107 cm³/mol. The first-order valence-electron chi connectivity index (χ1n) is 7.83. The lowest BCUT2D eigenvalue weighted by Gasteiger charge is -2.11. The van der Waals surface area contributed by atoms with Crippen LogP contribution in [0.15, 0.2) is 36.5 Å². The lowest BCUT2D eigenvalue weighted by molar-refractivity contribution is 0.0945. The van der Waals surface area contributed by atoms with E-state index >= 15 is 0 Å². The summed E-state index contributed by atoms with van der Waals surface area (Å²) in [6.45, 7) is 4.36. The number of likely N-dealkylation sites (N-methyl/N-ethyl adjacent to an activating group) is 1. The summed E-state index contributed by atoms with van der Waals surface area (Å²) in [6.07, 6.45) is 1.75. The number of benzene rings is 1. The van der Waals surface area contributed by atoms with Crippen LogP contribution in [0.2, 0.25) is 0 Å². The van der Waals surface area contributed by atoms with Crippen LogP contribution in [-0.2, 0) is 0 Å². The third-order valence-corrected chi connectivity index (χ3v) is 4.02. The van der Waals surface area contributed by atoms with Crippen LogP contribution in [0.3, 0.4) is 0 Å². The first kappa shape index (κ1) is 21.8. The Morgan fingerprint density at radius 1 is 1.23 bits per heavy atom. The molecule has 2 N–H and O–H groups in total. The van der Waals surface area contributed by atoms with E-state index in [9.17, 15) is 4.79 Å². The number of carbonyl (C=O) groups is 1. The molecule has 2 aromatic heterocycles. The number of fused-ring (bicyclic) bond motifs is 1. The molecule has 0 bridgehead atoms. The first-order valence-corrected chi connectivity index (χ1v) is 7.83. The first-order chi connectivity index (χ1) is 11.6. The van der Waals surface area contributed by atoms with E-state index in [2.05, 4.69) is 25.9 Å². The van der Waals surface area contributed by atoms with Crippen molar-refractivity contribution in [1.29, 1.82) is 0 Å². The third kappa shape index (κ3) is 4.30. The van der Waals surface area contributed by atoms with Crippen molar-refractivity contribution < 1.29 is 4.79 Å². The second kappa shape index (κ2) is 9.47. The second-order valence-electron chi connectivity index (χ2n) is 5.68. The van der Waals surface area contributed by atoms with Crippen molar-refractivity contribution in [2.45, 2.75) is 19.9 Å². The maximum Gasteiger partial charge on any atom is 0.273 e. The number of aromatic nitrogens is 4. The molecule has 1 atom stereocenters. The van der Waals surface area contributed by atoms with E-state index in [0.717, 1.165) is 16.6 Å². The molecular weight excluding hydrogens is 375 g/mol. The van der Waals surface area contributed by atoms with Gasteiger partial charge in [0.25, 0.3) is 5.91 Å². The number of rotatable bonds is 5. The van der Waals surface area contributed by atoms with Gasteiger partial charge in [-0.1, -0.05) is 11.3 Å². The minimum absolute atomic E-state index is 0. The van der Waals surface area contributed by atoms with Crippen molar-refractivity contribution >= 4 is 41.6 Å². The maximum atomic E-state index is 12.3.